The highest BCUT2D eigenvalue weighted by Gasteiger charge is 2.18. The maximum absolute atomic E-state index is 13.5. The first-order valence-corrected chi connectivity index (χ1v) is 6.53. The minimum Gasteiger partial charge on any atom is -0.323 e. The number of hydrogen-bond acceptors (Lipinski definition) is 2. The van der Waals surface area contributed by atoms with Crippen LogP contribution in [0, 0.1) is 11.6 Å². The Bertz CT molecular complexity index is 462. The number of carbonyl (C=O) groups excluding carboxylic acids is 1. The Kier molecular flexibility index (Phi) is 4.29. The van der Waals surface area contributed by atoms with Crippen molar-refractivity contribution < 1.29 is 13.6 Å². The number of anilines is 1. The van der Waals surface area contributed by atoms with E-state index in [1.54, 1.807) is 0 Å². The minimum atomic E-state index is -0.656. The van der Waals surface area contributed by atoms with Gasteiger partial charge in [0.05, 0.1) is 10.2 Å². The molecule has 1 unspecified atom stereocenters. The van der Waals surface area contributed by atoms with Gasteiger partial charge < -0.3 is 10.6 Å². The van der Waals surface area contributed by atoms with E-state index in [0.717, 1.165) is 31.5 Å². The van der Waals surface area contributed by atoms with Gasteiger partial charge in [0, 0.05) is 18.5 Å². The van der Waals surface area contributed by atoms with Crippen LogP contribution in [-0.4, -0.2) is 18.5 Å². The number of hydrogen-bond donors (Lipinski definition) is 2. The molecular formula is C12H13BrF2N2O. The molecule has 6 heteroatoms. The van der Waals surface area contributed by atoms with Crippen LogP contribution in [0.3, 0.4) is 0 Å². The van der Waals surface area contributed by atoms with Crippen LogP contribution >= 0.6 is 15.9 Å². The molecule has 1 amide bonds. The first kappa shape index (κ1) is 13.4. The highest BCUT2D eigenvalue weighted by Crippen LogP contribution is 2.23. The molecule has 0 aliphatic carbocycles. The third-order valence-electron chi connectivity index (χ3n) is 2.88. The van der Waals surface area contributed by atoms with Crippen molar-refractivity contribution in [1.29, 1.82) is 0 Å². The zero-order chi connectivity index (χ0) is 13.1. The predicted octanol–water partition coefficient (Wildman–Crippen LogP) is 2.81. The fraction of sp³-hybridized carbons (Fsp3) is 0.417. The summed E-state index contributed by atoms with van der Waals surface area (Å²) in [6.07, 6.45) is 2.25. The molecule has 2 rings (SSSR count). The number of amides is 1. The molecule has 0 aromatic heterocycles. The number of benzene rings is 1. The summed E-state index contributed by atoms with van der Waals surface area (Å²) in [5.41, 5.74) is -0.126. The maximum atomic E-state index is 13.5. The summed E-state index contributed by atoms with van der Waals surface area (Å²) in [5.74, 6) is -1.57. The van der Waals surface area contributed by atoms with E-state index in [-0.39, 0.29) is 28.5 Å². The van der Waals surface area contributed by atoms with Crippen LogP contribution in [0.5, 0.6) is 0 Å². The average molecular weight is 319 g/mol. The van der Waals surface area contributed by atoms with Gasteiger partial charge in [-0.1, -0.05) is 0 Å². The van der Waals surface area contributed by atoms with Gasteiger partial charge in [0.2, 0.25) is 5.91 Å². The van der Waals surface area contributed by atoms with E-state index in [9.17, 15) is 13.6 Å². The molecule has 0 bridgehead atoms. The molecule has 1 fully saturated rings. The summed E-state index contributed by atoms with van der Waals surface area (Å²) >= 11 is 2.88. The number of halogens is 3. The van der Waals surface area contributed by atoms with E-state index in [4.69, 9.17) is 0 Å². The van der Waals surface area contributed by atoms with Crippen LogP contribution in [0.1, 0.15) is 19.3 Å². The SMILES string of the molecule is O=C(CC1CCCN1)Nc1cc(F)c(Br)cc1F. The van der Waals surface area contributed by atoms with E-state index >= 15 is 0 Å². The standard InChI is InChI=1S/C12H13BrF2N2O/c13-8-5-10(15)11(6-9(8)14)17-12(18)4-7-2-1-3-16-7/h5-7,16H,1-4H2,(H,17,18). The van der Waals surface area contributed by atoms with Crippen molar-refractivity contribution in [3.63, 3.8) is 0 Å². The van der Waals surface area contributed by atoms with Crippen molar-refractivity contribution in [2.24, 2.45) is 0 Å². The highest BCUT2D eigenvalue weighted by atomic mass is 79.9. The van der Waals surface area contributed by atoms with Crippen LogP contribution in [0.25, 0.3) is 0 Å². The summed E-state index contributed by atoms with van der Waals surface area (Å²) < 4.78 is 26.8. The summed E-state index contributed by atoms with van der Waals surface area (Å²) in [4.78, 5) is 11.7. The van der Waals surface area contributed by atoms with Gasteiger partial charge in [0.15, 0.2) is 0 Å². The molecule has 0 radical (unpaired) electrons. The predicted molar refractivity (Wildman–Crippen MR) is 68.3 cm³/mol. The molecular weight excluding hydrogens is 306 g/mol. The first-order chi connectivity index (χ1) is 8.56. The fourth-order valence-electron chi connectivity index (χ4n) is 1.97. The van der Waals surface area contributed by atoms with E-state index < -0.39 is 11.6 Å². The first-order valence-electron chi connectivity index (χ1n) is 5.74. The lowest BCUT2D eigenvalue weighted by Gasteiger charge is -2.11. The Balaban J connectivity index is 2.00. The summed E-state index contributed by atoms with van der Waals surface area (Å²) in [6, 6.07) is 2.10. The number of nitrogens with one attached hydrogen (secondary N) is 2. The number of carbonyl (C=O) groups is 1. The zero-order valence-corrected chi connectivity index (χ0v) is 11.2. The van der Waals surface area contributed by atoms with Crippen molar-refractivity contribution in [2.75, 3.05) is 11.9 Å². The van der Waals surface area contributed by atoms with E-state index in [1.807, 2.05) is 0 Å². The molecule has 1 aromatic carbocycles. The Morgan fingerprint density at radius 3 is 2.89 bits per heavy atom. The van der Waals surface area contributed by atoms with Gasteiger partial charge in [0.25, 0.3) is 0 Å². The normalized spacial score (nSPS) is 18.9. The Morgan fingerprint density at radius 2 is 2.22 bits per heavy atom. The van der Waals surface area contributed by atoms with Crippen molar-refractivity contribution in [2.45, 2.75) is 25.3 Å². The second kappa shape index (κ2) is 5.75. The largest absolute Gasteiger partial charge is 0.323 e. The third kappa shape index (κ3) is 3.26. The van der Waals surface area contributed by atoms with E-state index in [0.29, 0.717) is 0 Å². The lowest BCUT2D eigenvalue weighted by Crippen LogP contribution is -2.27. The van der Waals surface area contributed by atoms with E-state index in [2.05, 4.69) is 26.6 Å². The minimum absolute atomic E-state index is 0.0375. The van der Waals surface area contributed by atoms with Gasteiger partial charge in [-0.3, -0.25) is 4.79 Å². The second-order valence-electron chi connectivity index (χ2n) is 4.29. The molecule has 1 aromatic rings. The average Bonchev–Trinajstić information content (AvgIpc) is 2.78. The lowest BCUT2D eigenvalue weighted by molar-refractivity contribution is -0.116. The summed E-state index contributed by atoms with van der Waals surface area (Å²) in [6.45, 7) is 0.902. The van der Waals surface area contributed by atoms with Gasteiger partial charge >= 0.3 is 0 Å². The van der Waals surface area contributed by atoms with Crippen LogP contribution in [-0.2, 0) is 4.79 Å². The molecule has 3 nitrogen and oxygen atoms in total. The molecule has 1 saturated heterocycles. The topological polar surface area (TPSA) is 41.1 Å². The Morgan fingerprint density at radius 1 is 1.44 bits per heavy atom. The molecule has 0 saturated carbocycles. The lowest BCUT2D eigenvalue weighted by atomic mass is 10.1. The molecule has 2 N–H and O–H groups in total. The van der Waals surface area contributed by atoms with E-state index in [1.165, 1.54) is 0 Å². The van der Waals surface area contributed by atoms with Crippen LogP contribution in [0.15, 0.2) is 16.6 Å². The molecule has 98 valence electrons. The summed E-state index contributed by atoms with van der Waals surface area (Å²) in [7, 11) is 0. The van der Waals surface area contributed by atoms with Gasteiger partial charge in [-0.25, -0.2) is 8.78 Å². The molecule has 1 atom stereocenters. The monoisotopic (exact) mass is 318 g/mol. The Labute approximate surface area is 112 Å². The van der Waals surface area contributed by atoms with Gasteiger partial charge in [-0.15, -0.1) is 0 Å². The molecule has 1 aliphatic rings. The van der Waals surface area contributed by atoms with Gasteiger partial charge in [-0.05, 0) is 41.4 Å². The highest BCUT2D eigenvalue weighted by molar-refractivity contribution is 9.10. The third-order valence-corrected chi connectivity index (χ3v) is 3.49. The van der Waals surface area contributed by atoms with Crippen LogP contribution < -0.4 is 10.6 Å². The van der Waals surface area contributed by atoms with Crippen LogP contribution in [0.4, 0.5) is 14.5 Å². The molecule has 0 spiro atoms. The van der Waals surface area contributed by atoms with Gasteiger partial charge in [0.1, 0.15) is 11.6 Å². The van der Waals surface area contributed by atoms with Crippen LogP contribution in [0.2, 0.25) is 0 Å². The molecule has 1 aliphatic heterocycles. The van der Waals surface area contributed by atoms with Gasteiger partial charge in [-0.2, -0.15) is 0 Å². The molecule has 1 heterocycles. The summed E-state index contributed by atoms with van der Waals surface area (Å²) in [5, 5.41) is 5.56. The van der Waals surface area contributed by atoms with Crippen molar-refractivity contribution in [3.8, 4) is 0 Å². The van der Waals surface area contributed by atoms with Crippen molar-refractivity contribution >= 4 is 27.5 Å². The smallest absolute Gasteiger partial charge is 0.226 e. The quantitative estimate of drug-likeness (QED) is 0.841. The number of rotatable bonds is 3. The Hall–Kier alpha value is -1.01. The van der Waals surface area contributed by atoms with Crippen molar-refractivity contribution in [1.82, 2.24) is 5.32 Å². The molecule has 18 heavy (non-hydrogen) atoms. The van der Waals surface area contributed by atoms with Crippen molar-refractivity contribution in [3.05, 3.63) is 28.2 Å². The fourth-order valence-corrected chi connectivity index (χ4v) is 2.29. The maximum Gasteiger partial charge on any atom is 0.226 e. The zero-order valence-electron chi connectivity index (χ0n) is 9.60. The second-order valence-corrected chi connectivity index (χ2v) is 5.15.